The van der Waals surface area contributed by atoms with Gasteiger partial charge in [-0.25, -0.2) is 9.78 Å². The Hall–Kier alpha value is -1.81. The number of carbonyl (C=O) groups is 1. The van der Waals surface area contributed by atoms with Crippen LogP contribution < -0.4 is 0 Å². The van der Waals surface area contributed by atoms with Crippen molar-refractivity contribution in [3.63, 3.8) is 0 Å². The van der Waals surface area contributed by atoms with Crippen molar-refractivity contribution in [2.24, 2.45) is 0 Å². The maximum Gasteiger partial charge on any atom is 0.354 e. The van der Waals surface area contributed by atoms with Gasteiger partial charge in [0.2, 0.25) is 0 Å². The molecule has 0 atom stereocenters. The van der Waals surface area contributed by atoms with Crippen LogP contribution in [-0.4, -0.2) is 16.1 Å². The van der Waals surface area contributed by atoms with E-state index in [0.29, 0.717) is 5.75 Å². The molecular formula is C16H17NO2S. The van der Waals surface area contributed by atoms with Crippen LogP contribution in [0.1, 0.15) is 32.7 Å². The Labute approximate surface area is 123 Å². The molecule has 0 saturated carbocycles. The predicted molar refractivity (Wildman–Crippen MR) is 82.1 cm³/mol. The number of rotatable bonds is 5. The van der Waals surface area contributed by atoms with E-state index in [1.165, 1.54) is 22.9 Å². The van der Waals surface area contributed by atoms with Gasteiger partial charge in [-0.05, 0) is 31.0 Å². The summed E-state index contributed by atoms with van der Waals surface area (Å²) in [5.41, 5.74) is 4.71. The summed E-state index contributed by atoms with van der Waals surface area (Å²) in [5, 5.41) is 9.08. The predicted octanol–water partition coefficient (Wildman–Crippen LogP) is 3.83. The highest BCUT2D eigenvalue weighted by Gasteiger charge is 2.10. The molecule has 0 unspecified atom stereocenters. The van der Waals surface area contributed by atoms with Crippen LogP contribution in [0.3, 0.4) is 0 Å². The van der Waals surface area contributed by atoms with E-state index < -0.39 is 5.97 Å². The van der Waals surface area contributed by atoms with E-state index in [-0.39, 0.29) is 5.69 Å². The zero-order valence-corrected chi connectivity index (χ0v) is 12.4. The molecule has 0 amide bonds. The summed E-state index contributed by atoms with van der Waals surface area (Å²) >= 11 is 1.71. The van der Waals surface area contributed by atoms with Gasteiger partial charge < -0.3 is 5.11 Å². The average Bonchev–Trinajstić information content (AvgIpc) is 2.38. The fourth-order valence-electron chi connectivity index (χ4n) is 2.18. The smallest absolute Gasteiger partial charge is 0.354 e. The van der Waals surface area contributed by atoms with Crippen molar-refractivity contribution < 1.29 is 9.90 Å². The van der Waals surface area contributed by atoms with Crippen molar-refractivity contribution in [1.29, 1.82) is 0 Å². The Bertz CT molecular complexity index is 605. The molecule has 0 aliphatic carbocycles. The third kappa shape index (κ3) is 3.84. The monoisotopic (exact) mass is 287 g/mol. The first kappa shape index (κ1) is 14.6. The first-order valence-corrected chi connectivity index (χ1v) is 7.54. The molecule has 0 fully saturated rings. The molecule has 0 aliphatic heterocycles. The maximum atomic E-state index is 11.1. The van der Waals surface area contributed by atoms with Gasteiger partial charge in [0.1, 0.15) is 0 Å². The van der Waals surface area contributed by atoms with Gasteiger partial charge in [0.05, 0.1) is 0 Å². The van der Waals surface area contributed by atoms with Crippen molar-refractivity contribution in [3.05, 3.63) is 64.5 Å². The minimum atomic E-state index is -0.965. The van der Waals surface area contributed by atoms with Gasteiger partial charge in [-0.2, -0.15) is 11.8 Å². The second kappa shape index (κ2) is 6.57. The average molecular weight is 287 g/mol. The molecule has 104 valence electrons. The van der Waals surface area contributed by atoms with Crippen molar-refractivity contribution in [3.8, 4) is 0 Å². The number of hydrogen-bond donors (Lipinski definition) is 1. The van der Waals surface area contributed by atoms with Crippen LogP contribution >= 0.6 is 11.8 Å². The van der Waals surface area contributed by atoms with Gasteiger partial charge in [0, 0.05) is 17.7 Å². The fourth-order valence-corrected chi connectivity index (χ4v) is 3.14. The molecule has 3 nitrogen and oxygen atoms in total. The molecule has 1 aromatic heterocycles. The van der Waals surface area contributed by atoms with Crippen LogP contribution in [-0.2, 0) is 11.5 Å². The SMILES string of the molecule is Cc1cc(C)cc(CSCc2cccnc2C(=O)O)c1. The number of benzene rings is 1. The number of carboxylic acids is 1. The van der Waals surface area contributed by atoms with E-state index >= 15 is 0 Å². The largest absolute Gasteiger partial charge is 0.477 e. The molecule has 1 heterocycles. The Balaban J connectivity index is 2.01. The third-order valence-electron chi connectivity index (χ3n) is 2.90. The van der Waals surface area contributed by atoms with Gasteiger partial charge >= 0.3 is 5.97 Å². The number of hydrogen-bond acceptors (Lipinski definition) is 3. The van der Waals surface area contributed by atoms with Gasteiger partial charge in [0.15, 0.2) is 5.69 Å². The van der Waals surface area contributed by atoms with Crippen LogP contribution in [0.25, 0.3) is 0 Å². The quantitative estimate of drug-likeness (QED) is 0.908. The lowest BCUT2D eigenvalue weighted by molar-refractivity contribution is 0.0689. The Morgan fingerprint density at radius 1 is 1.20 bits per heavy atom. The second-order valence-corrected chi connectivity index (χ2v) is 5.79. The summed E-state index contributed by atoms with van der Waals surface area (Å²) in [7, 11) is 0. The van der Waals surface area contributed by atoms with E-state index in [1.807, 2.05) is 6.07 Å². The van der Waals surface area contributed by atoms with E-state index in [9.17, 15) is 4.79 Å². The standard InChI is InChI=1S/C16H17NO2S/c1-11-6-12(2)8-13(7-11)9-20-10-14-4-3-5-17-15(14)16(18)19/h3-8H,9-10H2,1-2H3,(H,18,19). The molecular weight excluding hydrogens is 270 g/mol. The minimum Gasteiger partial charge on any atom is -0.477 e. The van der Waals surface area contributed by atoms with Crippen LogP contribution in [0.5, 0.6) is 0 Å². The first-order valence-electron chi connectivity index (χ1n) is 6.38. The Kier molecular flexibility index (Phi) is 4.79. The van der Waals surface area contributed by atoms with Crippen LogP contribution in [0.15, 0.2) is 36.5 Å². The molecule has 0 spiro atoms. The highest BCUT2D eigenvalue weighted by molar-refractivity contribution is 7.97. The van der Waals surface area contributed by atoms with E-state index in [0.717, 1.165) is 11.3 Å². The topological polar surface area (TPSA) is 50.2 Å². The summed E-state index contributed by atoms with van der Waals surface area (Å²) in [5.74, 6) is 0.562. The third-order valence-corrected chi connectivity index (χ3v) is 3.95. The molecule has 0 bridgehead atoms. The molecule has 0 radical (unpaired) electrons. The maximum absolute atomic E-state index is 11.1. The number of aromatic carboxylic acids is 1. The number of nitrogens with zero attached hydrogens (tertiary/aromatic N) is 1. The summed E-state index contributed by atoms with van der Waals surface area (Å²) in [6.45, 7) is 4.18. The van der Waals surface area contributed by atoms with Crippen molar-refractivity contribution in [2.75, 3.05) is 0 Å². The lowest BCUT2D eigenvalue weighted by atomic mass is 10.1. The van der Waals surface area contributed by atoms with Crippen molar-refractivity contribution in [1.82, 2.24) is 4.98 Å². The molecule has 1 N–H and O–H groups in total. The van der Waals surface area contributed by atoms with Crippen molar-refractivity contribution >= 4 is 17.7 Å². The summed E-state index contributed by atoms with van der Waals surface area (Å²) in [6.07, 6.45) is 1.52. The molecule has 2 rings (SSSR count). The number of thioether (sulfide) groups is 1. The van der Waals surface area contributed by atoms with Crippen LogP contribution in [0, 0.1) is 13.8 Å². The minimum absolute atomic E-state index is 0.153. The zero-order valence-electron chi connectivity index (χ0n) is 11.6. The zero-order chi connectivity index (χ0) is 14.5. The van der Waals surface area contributed by atoms with Gasteiger partial charge in [-0.15, -0.1) is 0 Å². The molecule has 0 aliphatic rings. The van der Waals surface area contributed by atoms with Gasteiger partial charge in [0.25, 0.3) is 0 Å². The molecule has 4 heteroatoms. The Morgan fingerprint density at radius 3 is 2.55 bits per heavy atom. The number of aryl methyl sites for hydroxylation is 2. The molecule has 0 saturated heterocycles. The van der Waals surface area contributed by atoms with E-state index in [2.05, 4.69) is 37.0 Å². The lowest BCUT2D eigenvalue weighted by Crippen LogP contribution is -2.04. The summed E-state index contributed by atoms with van der Waals surface area (Å²) < 4.78 is 0. The normalized spacial score (nSPS) is 10.5. The summed E-state index contributed by atoms with van der Waals surface area (Å²) in [4.78, 5) is 15.0. The van der Waals surface area contributed by atoms with E-state index in [4.69, 9.17) is 5.11 Å². The van der Waals surface area contributed by atoms with Crippen LogP contribution in [0.4, 0.5) is 0 Å². The summed E-state index contributed by atoms with van der Waals surface area (Å²) in [6, 6.07) is 10.1. The van der Waals surface area contributed by atoms with Gasteiger partial charge in [-0.1, -0.05) is 35.4 Å². The van der Waals surface area contributed by atoms with E-state index in [1.54, 1.807) is 17.8 Å². The van der Waals surface area contributed by atoms with Crippen LogP contribution in [0.2, 0.25) is 0 Å². The first-order chi connectivity index (χ1) is 9.56. The second-order valence-electron chi connectivity index (χ2n) is 4.81. The number of carboxylic acid groups (broad SMARTS) is 1. The van der Waals surface area contributed by atoms with Crippen molar-refractivity contribution in [2.45, 2.75) is 25.4 Å². The number of pyridine rings is 1. The lowest BCUT2D eigenvalue weighted by Gasteiger charge is -2.07. The highest BCUT2D eigenvalue weighted by atomic mass is 32.2. The highest BCUT2D eigenvalue weighted by Crippen LogP contribution is 2.21. The molecule has 1 aromatic carbocycles. The molecule has 20 heavy (non-hydrogen) atoms. The number of aromatic nitrogens is 1. The van der Waals surface area contributed by atoms with Gasteiger partial charge in [-0.3, -0.25) is 0 Å². The Morgan fingerprint density at radius 2 is 1.90 bits per heavy atom. The molecule has 2 aromatic rings. The fraction of sp³-hybridized carbons (Fsp3) is 0.250.